The van der Waals surface area contributed by atoms with Crippen LogP contribution in [0.1, 0.15) is 47.9 Å². The molecule has 218 valence electrons. The number of carboxylic acid groups (broad SMARTS) is 1. The summed E-state index contributed by atoms with van der Waals surface area (Å²) in [5, 5.41) is 9.23. The van der Waals surface area contributed by atoms with E-state index in [0.717, 1.165) is 57.0 Å². The first-order valence-corrected chi connectivity index (χ1v) is 14.3. The van der Waals surface area contributed by atoms with Gasteiger partial charge in [-0.1, -0.05) is 31.2 Å². The zero-order valence-electron chi connectivity index (χ0n) is 24.0. The first-order chi connectivity index (χ1) is 20.4. The van der Waals surface area contributed by atoms with Crippen molar-refractivity contribution in [1.29, 1.82) is 0 Å². The van der Waals surface area contributed by atoms with E-state index >= 15 is 0 Å². The standard InChI is InChI=1S/C33H35N3O6/c1-3-18-41-33(39)36-17-14-27-28(21-36)24(11-13-31(37)38)10-12-30(27)40-19-15-29-22(2)42-32(35-29)25-8-6-23(7-9-25)26-5-4-16-34-20-26/h4-10,12,16,20H,3,11,13-15,17-19,21H2,1-2H3,(H,37,38). The zero-order valence-corrected chi connectivity index (χ0v) is 24.0. The highest BCUT2D eigenvalue weighted by Gasteiger charge is 2.26. The fourth-order valence-corrected chi connectivity index (χ4v) is 5.14. The molecule has 2 aromatic carbocycles. The quantitative estimate of drug-likeness (QED) is 0.225. The molecule has 1 aliphatic rings. The van der Waals surface area contributed by atoms with Crippen LogP contribution in [0.15, 0.2) is 65.3 Å². The lowest BCUT2D eigenvalue weighted by atomic mass is 9.92. The van der Waals surface area contributed by atoms with Gasteiger partial charge >= 0.3 is 12.1 Å². The molecule has 1 aliphatic heterocycles. The molecule has 3 heterocycles. The van der Waals surface area contributed by atoms with E-state index in [0.29, 0.717) is 51.5 Å². The number of carbonyl (C=O) groups is 2. The van der Waals surface area contributed by atoms with Crippen LogP contribution in [0.4, 0.5) is 4.79 Å². The smallest absolute Gasteiger partial charge is 0.410 e. The van der Waals surface area contributed by atoms with Gasteiger partial charge in [-0.2, -0.15) is 0 Å². The molecule has 0 atom stereocenters. The number of aliphatic carboxylic acids is 1. The number of carboxylic acids is 1. The average Bonchev–Trinajstić information content (AvgIpc) is 3.39. The van der Waals surface area contributed by atoms with Gasteiger partial charge in [0.1, 0.15) is 11.5 Å². The van der Waals surface area contributed by atoms with Gasteiger partial charge in [0.05, 0.1) is 18.9 Å². The molecule has 0 radical (unpaired) electrons. The highest BCUT2D eigenvalue weighted by molar-refractivity contribution is 5.69. The number of hydrogen-bond donors (Lipinski definition) is 1. The first kappa shape index (κ1) is 28.9. The number of carbonyl (C=O) groups excluding carboxylic acids is 1. The largest absolute Gasteiger partial charge is 0.493 e. The number of aryl methyl sites for hydroxylation is 2. The van der Waals surface area contributed by atoms with Crippen molar-refractivity contribution >= 4 is 12.1 Å². The third kappa shape index (κ3) is 6.79. The lowest BCUT2D eigenvalue weighted by Crippen LogP contribution is -2.37. The summed E-state index contributed by atoms with van der Waals surface area (Å²) >= 11 is 0. The lowest BCUT2D eigenvalue weighted by molar-refractivity contribution is -0.136. The van der Waals surface area contributed by atoms with Crippen molar-refractivity contribution in [3.8, 4) is 28.3 Å². The predicted octanol–water partition coefficient (Wildman–Crippen LogP) is 6.26. The van der Waals surface area contributed by atoms with E-state index in [9.17, 15) is 14.7 Å². The number of nitrogens with zero attached hydrogens (tertiary/aromatic N) is 3. The summed E-state index contributed by atoms with van der Waals surface area (Å²) in [6.45, 7) is 5.51. The Morgan fingerprint density at radius 1 is 1.00 bits per heavy atom. The summed E-state index contributed by atoms with van der Waals surface area (Å²) in [5.41, 5.74) is 6.73. The molecule has 9 nitrogen and oxygen atoms in total. The summed E-state index contributed by atoms with van der Waals surface area (Å²) in [4.78, 5) is 34.4. The molecule has 1 N–H and O–H groups in total. The van der Waals surface area contributed by atoms with Crippen LogP contribution in [0, 0.1) is 6.92 Å². The lowest BCUT2D eigenvalue weighted by Gasteiger charge is -2.31. The Hall–Kier alpha value is -4.66. The number of aromatic nitrogens is 2. The Bertz CT molecular complexity index is 1530. The van der Waals surface area contributed by atoms with Gasteiger partial charge in [-0.3, -0.25) is 9.78 Å². The molecule has 0 spiro atoms. The Labute approximate surface area is 245 Å². The maximum Gasteiger partial charge on any atom is 0.410 e. The Morgan fingerprint density at radius 3 is 2.55 bits per heavy atom. The second-order valence-electron chi connectivity index (χ2n) is 10.3. The summed E-state index contributed by atoms with van der Waals surface area (Å²) in [7, 11) is 0. The molecule has 0 saturated carbocycles. The molecular weight excluding hydrogens is 534 g/mol. The number of ether oxygens (including phenoxy) is 2. The normalized spacial score (nSPS) is 12.6. The molecule has 0 bridgehead atoms. The van der Waals surface area contributed by atoms with E-state index in [1.165, 1.54) is 0 Å². The predicted molar refractivity (Wildman–Crippen MR) is 157 cm³/mol. The highest BCUT2D eigenvalue weighted by atomic mass is 16.6. The topological polar surface area (TPSA) is 115 Å². The SMILES string of the molecule is CCCOC(=O)N1CCc2c(OCCc3nc(-c4ccc(-c5cccnc5)cc4)oc3C)ccc(CCC(=O)O)c2C1. The fourth-order valence-electron chi connectivity index (χ4n) is 5.14. The van der Waals surface area contributed by atoms with Crippen molar-refractivity contribution in [1.82, 2.24) is 14.9 Å². The maximum absolute atomic E-state index is 12.5. The second-order valence-corrected chi connectivity index (χ2v) is 10.3. The van der Waals surface area contributed by atoms with Crippen molar-refractivity contribution in [2.45, 2.75) is 52.5 Å². The van der Waals surface area contributed by atoms with Gasteiger partial charge in [0.2, 0.25) is 5.89 Å². The van der Waals surface area contributed by atoms with E-state index < -0.39 is 5.97 Å². The number of hydrogen-bond acceptors (Lipinski definition) is 7. The van der Waals surface area contributed by atoms with Gasteiger partial charge < -0.3 is 23.9 Å². The monoisotopic (exact) mass is 569 g/mol. The average molecular weight is 570 g/mol. The molecular formula is C33H35N3O6. The minimum atomic E-state index is -0.856. The van der Waals surface area contributed by atoms with Crippen LogP contribution in [0.5, 0.6) is 5.75 Å². The molecule has 42 heavy (non-hydrogen) atoms. The molecule has 0 saturated heterocycles. The Kier molecular flexibility index (Phi) is 9.16. The van der Waals surface area contributed by atoms with Crippen LogP contribution in [0.2, 0.25) is 0 Å². The van der Waals surface area contributed by atoms with Crippen LogP contribution in [0.25, 0.3) is 22.6 Å². The molecule has 2 aromatic heterocycles. The van der Waals surface area contributed by atoms with Crippen molar-refractivity contribution in [3.63, 3.8) is 0 Å². The minimum Gasteiger partial charge on any atom is -0.493 e. The summed E-state index contributed by atoms with van der Waals surface area (Å²) in [5.74, 6) is 1.21. The van der Waals surface area contributed by atoms with Crippen LogP contribution in [-0.2, 0) is 35.3 Å². The van der Waals surface area contributed by atoms with Gasteiger partial charge in [0.25, 0.3) is 0 Å². The van der Waals surface area contributed by atoms with Gasteiger partial charge in [-0.15, -0.1) is 0 Å². The third-order valence-corrected chi connectivity index (χ3v) is 7.38. The molecule has 0 unspecified atom stereocenters. The van der Waals surface area contributed by atoms with E-state index in [1.807, 2.05) is 68.6 Å². The van der Waals surface area contributed by atoms with Gasteiger partial charge in [0.15, 0.2) is 0 Å². The van der Waals surface area contributed by atoms with Crippen molar-refractivity contribution in [3.05, 3.63) is 89.1 Å². The third-order valence-electron chi connectivity index (χ3n) is 7.38. The number of fused-ring (bicyclic) bond motifs is 1. The summed E-state index contributed by atoms with van der Waals surface area (Å²) in [6, 6.07) is 15.8. The molecule has 4 aromatic rings. The van der Waals surface area contributed by atoms with E-state index in [2.05, 4.69) is 4.98 Å². The van der Waals surface area contributed by atoms with Gasteiger partial charge in [-0.25, -0.2) is 9.78 Å². The van der Waals surface area contributed by atoms with E-state index in [4.69, 9.17) is 18.9 Å². The van der Waals surface area contributed by atoms with E-state index in [1.54, 1.807) is 11.1 Å². The van der Waals surface area contributed by atoms with Crippen molar-refractivity contribution in [2.75, 3.05) is 19.8 Å². The van der Waals surface area contributed by atoms with Crippen LogP contribution in [0.3, 0.4) is 0 Å². The molecule has 1 amide bonds. The molecule has 0 aliphatic carbocycles. The van der Waals surface area contributed by atoms with Gasteiger partial charge in [-0.05, 0) is 72.7 Å². The first-order valence-electron chi connectivity index (χ1n) is 14.3. The number of amides is 1. The molecule has 0 fully saturated rings. The zero-order chi connectivity index (χ0) is 29.5. The van der Waals surface area contributed by atoms with Crippen molar-refractivity contribution in [2.24, 2.45) is 0 Å². The van der Waals surface area contributed by atoms with Crippen LogP contribution < -0.4 is 4.74 Å². The second kappa shape index (κ2) is 13.3. The van der Waals surface area contributed by atoms with Crippen molar-refractivity contribution < 1.29 is 28.6 Å². The number of oxazole rings is 1. The molecule has 5 rings (SSSR count). The Morgan fingerprint density at radius 2 is 1.81 bits per heavy atom. The number of pyridine rings is 1. The number of benzene rings is 2. The maximum atomic E-state index is 12.5. The molecule has 9 heteroatoms. The fraction of sp³-hybridized carbons (Fsp3) is 0.333. The minimum absolute atomic E-state index is 0.0207. The summed E-state index contributed by atoms with van der Waals surface area (Å²) < 4.78 is 17.6. The number of rotatable bonds is 11. The van der Waals surface area contributed by atoms with Crippen LogP contribution >= 0.6 is 0 Å². The Balaban J connectivity index is 1.26. The van der Waals surface area contributed by atoms with Crippen LogP contribution in [-0.4, -0.2) is 51.8 Å². The highest BCUT2D eigenvalue weighted by Crippen LogP contribution is 2.32. The summed E-state index contributed by atoms with van der Waals surface area (Å²) in [6.07, 6.45) is 5.58. The van der Waals surface area contributed by atoms with E-state index in [-0.39, 0.29) is 12.5 Å². The van der Waals surface area contributed by atoms with Gasteiger partial charge in [0, 0.05) is 49.5 Å².